The molecular formula is C18H22N2O5. The maximum atomic E-state index is 12.3. The van der Waals surface area contributed by atoms with Gasteiger partial charge in [-0.3, -0.25) is 14.9 Å². The second-order valence-electron chi connectivity index (χ2n) is 5.64. The van der Waals surface area contributed by atoms with Gasteiger partial charge in [0, 0.05) is 30.0 Å². The Morgan fingerprint density at radius 2 is 2.00 bits per heavy atom. The van der Waals surface area contributed by atoms with Crippen molar-refractivity contribution < 1.29 is 14.4 Å². The van der Waals surface area contributed by atoms with E-state index >= 15 is 0 Å². The molecule has 0 saturated heterocycles. The van der Waals surface area contributed by atoms with Gasteiger partial charge in [0.05, 0.1) is 25.2 Å². The van der Waals surface area contributed by atoms with E-state index in [1.807, 2.05) is 0 Å². The standard InChI is InChI=1S/C18H22N2O5/c1-3-4-5-10-25-16-8-9-19(18(21)12-16)13-14-11-15(20(22)23)6-7-17(14)24-2/h6-9,11-12H,3-5,10,13H2,1-2H3. The number of hydrogen-bond donors (Lipinski definition) is 0. The molecule has 0 aliphatic carbocycles. The summed E-state index contributed by atoms with van der Waals surface area (Å²) in [5.41, 5.74) is 0.289. The van der Waals surface area contributed by atoms with E-state index in [2.05, 4.69) is 6.92 Å². The minimum atomic E-state index is -0.473. The molecule has 0 amide bonds. The summed E-state index contributed by atoms with van der Waals surface area (Å²) < 4.78 is 12.3. The smallest absolute Gasteiger partial charge is 0.270 e. The van der Waals surface area contributed by atoms with Crippen LogP contribution in [0.3, 0.4) is 0 Å². The van der Waals surface area contributed by atoms with Crippen molar-refractivity contribution >= 4 is 5.69 Å². The van der Waals surface area contributed by atoms with Gasteiger partial charge in [0.15, 0.2) is 0 Å². The maximum absolute atomic E-state index is 12.3. The van der Waals surface area contributed by atoms with Crippen LogP contribution in [-0.4, -0.2) is 23.2 Å². The van der Waals surface area contributed by atoms with Gasteiger partial charge in [-0.15, -0.1) is 0 Å². The van der Waals surface area contributed by atoms with Crippen LogP contribution in [0.5, 0.6) is 11.5 Å². The van der Waals surface area contributed by atoms with Gasteiger partial charge in [-0.25, -0.2) is 0 Å². The van der Waals surface area contributed by atoms with Crippen LogP contribution in [-0.2, 0) is 6.54 Å². The number of nitro groups is 1. The third-order valence-corrected chi connectivity index (χ3v) is 3.80. The Hall–Kier alpha value is -2.83. The number of pyridine rings is 1. The van der Waals surface area contributed by atoms with Gasteiger partial charge in [0.25, 0.3) is 11.2 Å². The quantitative estimate of drug-likeness (QED) is 0.395. The van der Waals surface area contributed by atoms with E-state index in [0.717, 1.165) is 19.3 Å². The van der Waals surface area contributed by atoms with E-state index in [9.17, 15) is 14.9 Å². The normalized spacial score (nSPS) is 10.5. The number of rotatable bonds is 9. The minimum absolute atomic E-state index is 0.0419. The summed E-state index contributed by atoms with van der Waals surface area (Å²) in [4.78, 5) is 22.7. The van der Waals surface area contributed by atoms with Crippen molar-refractivity contribution in [2.24, 2.45) is 0 Å². The molecule has 0 fully saturated rings. The molecule has 0 bridgehead atoms. The van der Waals surface area contributed by atoms with Gasteiger partial charge < -0.3 is 14.0 Å². The fraction of sp³-hybridized carbons (Fsp3) is 0.389. The lowest BCUT2D eigenvalue weighted by Gasteiger charge is -2.11. The Kier molecular flexibility index (Phi) is 6.56. The molecule has 7 nitrogen and oxygen atoms in total. The molecule has 0 N–H and O–H groups in total. The molecule has 1 aromatic heterocycles. The zero-order valence-electron chi connectivity index (χ0n) is 14.4. The summed E-state index contributed by atoms with van der Waals surface area (Å²) in [5.74, 6) is 1.03. The van der Waals surface area contributed by atoms with Crippen molar-refractivity contribution in [2.45, 2.75) is 32.7 Å². The average Bonchev–Trinajstić information content (AvgIpc) is 2.60. The number of aromatic nitrogens is 1. The third-order valence-electron chi connectivity index (χ3n) is 3.80. The predicted octanol–water partition coefficient (Wildman–Crippen LogP) is 3.38. The van der Waals surface area contributed by atoms with Crippen LogP contribution < -0.4 is 15.0 Å². The number of nitrogens with zero attached hydrogens (tertiary/aromatic N) is 2. The van der Waals surface area contributed by atoms with Crippen molar-refractivity contribution in [2.75, 3.05) is 13.7 Å². The molecule has 0 atom stereocenters. The van der Waals surface area contributed by atoms with E-state index in [1.54, 1.807) is 12.3 Å². The van der Waals surface area contributed by atoms with E-state index < -0.39 is 4.92 Å². The molecule has 0 aliphatic rings. The summed E-state index contributed by atoms with van der Waals surface area (Å²) in [7, 11) is 1.49. The van der Waals surface area contributed by atoms with Gasteiger partial charge in [0.2, 0.25) is 0 Å². The fourth-order valence-corrected chi connectivity index (χ4v) is 2.44. The van der Waals surface area contributed by atoms with E-state index in [4.69, 9.17) is 9.47 Å². The molecule has 134 valence electrons. The van der Waals surface area contributed by atoms with Gasteiger partial charge >= 0.3 is 0 Å². The largest absolute Gasteiger partial charge is 0.496 e. The number of hydrogen-bond acceptors (Lipinski definition) is 5. The van der Waals surface area contributed by atoms with Gasteiger partial charge in [-0.05, 0) is 18.6 Å². The highest BCUT2D eigenvalue weighted by atomic mass is 16.6. The lowest BCUT2D eigenvalue weighted by Crippen LogP contribution is -2.19. The highest BCUT2D eigenvalue weighted by molar-refractivity contribution is 5.44. The molecule has 0 saturated carbocycles. The van der Waals surface area contributed by atoms with Gasteiger partial charge in [-0.2, -0.15) is 0 Å². The Bertz CT molecular complexity index is 785. The highest BCUT2D eigenvalue weighted by Crippen LogP contribution is 2.24. The maximum Gasteiger partial charge on any atom is 0.270 e. The third kappa shape index (κ3) is 5.07. The summed E-state index contributed by atoms with van der Waals surface area (Å²) in [6.07, 6.45) is 4.76. The average molecular weight is 346 g/mol. The second-order valence-corrected chi connectivity index (χ2v) is 5.64. The molecule has 0 unspecified atom stereocenters. The summed E-state index contributed by atoms with van der Waals surface area (Å²) in [6, 6.07) is 7.47. The van der Waals surface area contributed by atoms with E-state index in [1.165, 1.54) is 35.9 Å². The van der Waals surface area contributed by atoms with Crippen LogP contribution in [0.4, 0.5) is 5.69 Å². The van der Waals surface area contributed by atoms with E-state index in [-0.39, 0.29) is 17.8 Å². The van der Waals surface area contributed by atoms with Crippen LogP contribution in [0.1, 0.15) is 31.7 Å². The number of nitro benzene ring substituents is 1. The molecule has 0 spiro atoms. The van der Waals surface area contributed by atoms with Crippen LogP contribution >= 0.6 is 0 Å². The first kappa shape index (κ1) is 18.5. The number of non-ortho nitro benzene ring substituents is 1. The summed E-state index contributed by atoms with van der Waals surface area (Å²) in [6.45, 7) is 2.87. The monoisotopic (exact) mass is 346 g/mol. The first-order valence-corrected chi connectivity index (χ1v) is 8.19. The second kappa shape index (κ2) is 8.86. The lowest BCUT2D eigenvalue weighted by molar-refractivity contribution is -0.384. The summed E-state index contributed by atoms with van der Waals surface area (Å²) in [5, 5.41) is 10.9. The summed E-state index contributed by atoms with van der Waals surface area (Å²) >= 11 is 0. The van der Waals surface area contributed by atoms with Crippen molar-refractivity contribution in [1.29, 1.82) is 0 Å². The molecule has 0 aliphatic heterocycles. The van der Waals surface area contributed by atoms with Crippen molar-refractivity contribution in [1.82, 2.24) is 4.57 Å². The number of unbranched alkanes of at least 4 members (excludes halogenated alkanes) is 2. The van der Waals surface area contributed by atoms with Crippen LogP contribution in [0, 0.1) is 10.1 Å². The Morgan fingerprint density at radius 1 is 1.20 bits per heavy atom. The number of ether oxygens (including phenoxy) is 2. The van der Waals surface area contributed by atoms with Crippen molar-refractivity contribution in [3.63, 3.8) is 0 Å². The molecule has 25 heavy (non-hydrogen) atoms. The number of benzene rings is 1. The van der Waals surface area contributed by atoms with Crippen molar-refractivity contribution in [3.8, 4) is 11.5 Å². The Labute approximate surface area is 146 Å². The predicted molar refractivity (Wildman–Crippen MR) is 94.5 cm³/mol. The zero-order valence-corrected chi connectivity index (χ0v) is 14.4. The minimum Gasteiger partial charge on any atom is -0.496 e. The highest BCUT2D eigenvalue weighted by Gasteiger charge is 2.12. The molecule has 7 heteroatoms. The molecule has 2 aromatic rings. The van der Waals surface area contributed by atoms with Crippen LogP contribution in [0.25, 0.3) is 0 Å². The fourth-order valence-electron chi connectivity index (χ4n) is 2.44. The Balaban J connectivity index is 2.16. The van der Waals surface area contributed by atoms with Gasteiger partial charge in [0.1, 0.15) is 11.5 Å². The van der Waals surface area contributed by atoms with Crippen LogP contribution in [0.15, 0.2) is 41.3 Å². The molecular weight excluding hydrogens is 324 g/mol. The SMILES string of the molecule is CCCCCOc1ccn(Cc2cc([N+](=O)[O-])ccc2OC)c(=O)c1. The molecule has 2 rings (SSSR count). The Morgan fingerprint density at radius 3 is 2.64 bits per heavy atom. The lowest BCUT2D eigenvalue weighted by atomic mass is 10.1. The topological polar surface area (TPSA) is 83.6 Å². The van der Waals surface area contributed by atoms with Gasteiger partial charge in [-0.1, -0.05) is 19.8 Å². The van der Waals surface area contributed by atoms with Crippen LogP contribution in [0.2, 0.25) is 0 Å². The molecule has 0 radical (unpaired) electrons. The zero-order chi connectivity index (χ0) is 18.2. The molecule has 1 heterocycles. The first-order valence-electron chi connectivity index (χ1n) is 8.19. The number of methoxy groups -OCH3 is 1. The first-order chi connectivity index (χ1) is 12.0. The van der Waals surface area contributed by atoms with Crippen molar-refractivity contribution in [3.05, 3.63) is 62.6 Å². The van der Waals surface area contributed by atoms with E-state index in [0.29, 0.717) is 23.7 Å². The molecule has 1 aromatic carbocycles.